The van der Waals surface area contributed by atoms with Gasteiger partial charge in [-0.25, -0.2) is 4.98 Å². The summed E-state index contributed by atoms with van der Waals surface area (Å²) in [5.41, 5.74) is 0.863. The number of nitrogens with zero attached hydrogens (tertiary/aromatic N) is 1. The van der Waals surface area contributed by atoms with E-state index >= 15 is 0 Å². The maximum atomic E-state index is 11.9. The zero-order chi connectivity index (χ0) is 15.2. The standard InChI is InChI=1S/C14H17N3O3S/c1-3-13-17-9(8-21-13)4-5-15-14(19)10-6-11(18)12(20-2)7-16-10/h6-8H,3-5H2,1-2H3,(H,15,19)(H,16,18). The molecule has 0 fully saturated rings. The molecule has 6 nitrogen and oxygen atoms in total. The SMILES string of the molecule is CCc1nc(CCNC(=O)c2cc(=O)c(OC)c[nH]2)cs1. The van der Waals surface area contributed by atoms with Crippen molar-refractivity contribution in [2.24, 2.45) is 0 Å². The van der Waals surface area contributed by atoms with Crippen LogP contribution in [-0.4, -0.2) is 29.5 Å². The predicted octanol–water partition coefficient (Wildman–Crippen LogP) is 1.37. The molecule has 7 heteroatoms. The second-order valence-corrected chi connectivity index (χ2v) is 5.31. The minimum atomic E-state index is -0.325. The number of nitrogens with one attached hydrogen (secondary N) is 2. The summed E-state index contributed by atoms with van der Waals surface area (Å²) in [5, 5.41) is 5.85. The lowest BCUT2D eigenvalue weighted by Crippen LogP contribution is -2.27. The van der Waals surface area contributed by atoms with Gasteiger partial charge in [-0.15, -0.1) is 11.3 Å². The van der Waals surface area contributed by atoms with Gasteiger partial charge in [-0.2, -0.15) is 0 Å². The van der Waals surface area contributed by atoms with E-state index in [0.29, 0.717) is 13.0 Å². The van der Waals surface area contributed by atoms with Gasteiger partial charge >= 0.3 is 0 Å². The van der Waals surface area contributed by atoms with E-state index in [1.165, 1.54) is 19.4 Å². The zero-order valence-corrected chi connectivity index (χ0v) is 12.8. The van der Waals surface area contributed by atoms with Gasteiger partial charge in [-0.05, 0) is 6.42 Å². The number of H-pyrrole nitrogens is 1. The highest BCUT2D eigenvalue weighted by molar-refractivity contribution is 7.09. The Labute approximate surface area is 126 Å². The van der Waals surface area contributed by atoms with Gasteiger partial charge in [0.25, 0.3) is 5.91 Å². The summed E-state index contributed by atoms with van der Waals surface area (Å²) in [4.78, 5) is 30.6. The monoisotopic (exact) mass is 307 g/mol. The van der Waals surface area contributed by atoms with Crippen LogP contribution in [0.1, 0.15) is 28.1 Å². The molecule has 21 heavy (non-hydrogen) atoms. The number of hydrogen-bond acceptors (Lipinski definition) is 5. The minimum Gasteiger partial charge on any atom is -0.491 e. The van der Waals surface area contributed by atoms with Crippen LogP contribution in [0.3, 0.4) is 0 Å². The molecule has 0 radical (unpaired) electrons. The molecule has 0 bridgehead atoms. The molecule has 1 amide bonds. The van der Waals surface area contributed by atoms with E-state index in [2.05, 4.69) is 22.2 Å². The Morgan fingerprint density at radius 2 is 2.33 bits per heavy atom. The van der Waals surface area contributed by atoms with Crippen molar-refractivity contribution in [1.82, 2.24) is 15.3 Å². The van der Waals surface area contributed by atoms with Crippen LogP contribution >= 0.6 is 11.3 Å². The number of thiazole rings is 1. The Morgan fingerprint density at radius 3 is 2.95 bits per heavy atom. The number of carbonyl (C=O) groups is 1. The molecule has 0 aliphatic carbocycles. The van der Waals surface area contributed by atoms with E-state index in [0.717, 1.165) is 17.1 Å². The first-order valence-corrected chi connectivity index (χ1v) is 7.50. The summed E-state index contributed by atoms with van der Waals surface area (Å²) in [7, 11) is 1.41. The fourth-order valence-corrected chi connectivity index (χ4v) is 2.55. The van der Waals surface area contributed by atoms with Crippen molar-refractivity contribution in [3.05, 3.63) is 44.3 Å². The average Bonchev–Trinajstić information content (AvgIpc) is 2.95. The van der Waals surface area contributed by atoms with Crippen LogP contribution in [0.15, 0.2) is 22.4 Å². The number of pyridine rings is 1. The fraction of sp³-hybridized carbons (Fsp3) is 0.357. The average molecular weight is 307 g/mol. The molecule has 2 N–H and O–H groups in total. The molecule has 2 aromatic rings. The minimum absolute atomic E-state index is 0.182. The van der Waals surface area contributed by atoms with Crippen molar-refractivity contribution < 1.29 is 9.53 Å². The van der Waals surface area contributed by atoms with Crippen molar-refractivity contribution in [3.8, 4) is 5.75 Å². The van der Waals surface area contributed by atoms with Gasteiger partial charge in [-0.3, -0.25) is 9.59 Å². The van der Waals surface area contributed by atoms with Crippen LogP contribution in [-0.2, 0) is 12.8 Å². The van der Waals surface area contributed by atoms with Crippen molar-refractivity contribution in [1.29, 1.82) is 0 Å². The molecule has 0 saturated heterocycles. The van der Waals surface area contributed by atoms with Gasteiger partial charge in [0.15, 0.2) is 5.75 Å². The lowest BCUT2D eigenvalue weighted by Gasteiger charge is -2.05. The number of aromatic nitrogens is 2. The lowest BCUT2D eigenvalue weighted by molar-refractivity contribution is 0.0949. The molecule has 2 aromatic heterocycles. The Morgan fingerprint density at radius 1 is 1.52 bits per heavy atom. The smallest absolute Gasteiger partial charge is 0.267 e. The van der Waals surface area contributed by atoms with Crippen LogP contribution < -0.4 is 15.5 Å². The second kappa shape index (κ2) is 7.03. The summed E-state index contributed by atoms with van der Waals surface area (Å²) in [5.74, 6) is -0.137. The number of methoxy groups -OCH3 is 1. The van der Waals surface area contributed by atoms with Crippen LogP contribution in [0.2, 0.25) is 0 Å². The van der Waals surface area contributed by atoms with E-state index in [1.54, 1.807) is 11.3 Å². The maximum absolute atomic E-state index is 11.9. The van der Waals surface area contributed by atoms with Crippen molar-refractivity contribution in [2.45, 2.75) is 19.8 Å². The van der Waals surface area contributed by atoms with E-state index in [1.807, 2.05) is 5.38 Å². The Hall–Kier alpha value is -2.15. The summed E-state index contributed by atoms with van der Waals surface area (Å²) < 4.78 is 4.85. The molecule has 0 saturated carbocycles. The first kappa shape index (κ1) is 15.2. The van der Waals surface area contributed by atoms with Crippen LogP contribution in [0.4, 0.5) is 0 Å². The highest BCUT2D eigenvalue weighted by Gasteiger charge is 2.09. The van der Waals surface area contributed by atoms with Gasteiger partial charge in [0, 0.05) is 30.6 Å². The van der Waals surface area contributed by atoms with Crippen molar-refractivity contribution >= 4 is 17.2 Å². The Kier molecular flexibility index (Phi) is 5.10. The van der Waals surface area contributed by atoms with Crippen molar-refractivity contribution in [2.75, 3.05) is 13.7 Å². The molecule has 0 atom stereocenters. The van der Waals surface area contributed by atoms with Crippen LogP contribution in [0.5, 0.6) is 5.75 Å². The largest absolute Gasteiger partial charge is 0.491 e. The molecule has 0 unspecified atom stereocenters. The van der Waals surface area contributed by atoms with Gasteiger partial charge in [0.1, 0.15) is 5.69 Å². The van der Waals surface area contributed by atoms with E-state index in [4.69, 9.17) is 4.74 Å². The quantitative estimate of drug-likeness (QED) is 0.844. The van der Waals surface area contributed by atoms with Crippen LogP contribution in [0.25, 0.3) is 0 Å². The lowest BCUT2D eigenvalue weighted by atomic mass is 10.3. The summed E-state index contributed by atoms with van der Waals surface area (Å²) in [6.07, 6.45) is 2.97. The van der Waals surface area contributed by atoms with E-state index in [-0.39, 0.29) is 22.8 Å². The van der Waals surface area contributed by atoms with Gasteiger partial charge in [-0.1, -0.05) is 6.92 Å². The number of amides is 1. The van der Waals surface area contributed by atoms with Crippen molar-refractivity contribution in [3.63, 3.8) is 0 Å². The number of carbonyl (C=O) groups excluding carboxylic acids is 1. The number of aryl methyl sites for hydroxylation is 1. The summed E-state index contributed by atoms with van der Waals surface area (Å²) in [6, 6.07) is 1.23. The molecular formula is C14H17N3O3S. The molecule has 0 spiro atoms. The molecule has 2 rings (SSSR count). The predicted molar refractivity (Wildman–Crippen MR) is 81.1 cm³/mol. The molecule has 2 heterocycles. The van der Waals surface area contributed by atoms with Gasteiger partial charge < -0.3 is 15.0 Å². The maximum Gasteiger partial charge on any atom is 0.267 e. The summed E-state index contributed by atoms with van der Waals surface area (Å²) in [6.45, 7) is 2.53. The molecule has 0 aromatic carbocycles. The number of ether oxygens (including phenoxy) is 1. The first-order chi connectivity index (χ1) is 10.1. The van der Waals surface area contributed by atoms with E-state index in [9.17, 15) is 9.59 Å². The third-order valence-electron chi connectivity index (χ3n) is 2.91. The Balaban J connectivity index is 1.89. The molecular weight excluding hydrogens is 290 g/mol. The topological polar surface area (TPSA) is 84.1 Å². The highest BCUT2D eigenvalue weighted by Crippen LogP contribution is 2.10. The molecule has 0 aliphatic heterocycles. The fourth-order valence-electron chi connectivity index (χ4n) is 1.77. The normalized spacial score (nSPS) is 10.4. The number of aromatic amines is 1. The summed E-state index contributed by atoms with van der Waals surface area (Å²) >= 11 is 1.63. The van der Waals surface area contributed by atoms with Gasteiger partial charge in [0.2, 0.25) is 5.43 Å². The van der Waals surface area contributed by atoms with Crippen LogP contribution in [0, 0.1) is 0 Å². The molecule has 0 aliphatic rings. The molecule has 112 valence electrons. The van der Waals surface area contributed by atoms with Gasteiger partial charge in [0.05, 0.1) is 17.8 Å². The number of rotatable bonds is 6. The van der Waals surface area contributed by atoms with E-state index < -0.39 is 0 Å². The zero-order valence-electron chi connectivity index (χ0n) is 11.9. The third-order valence-corrected chi connectivity index (χ3v) is 3.95. The first-order valence-electron chi connectivity index (χ1n) is 6.62. The number of hydrogen-bond donors (Lipinski definition) is 2. The Bertz CT molecular complexity index is 678. The third kappa shape index (κ3) is 3.91. The highest BCUT2D eigenvalue weighted by atomic mass is 32.1. The second-order valence-electron chi connectivity index (χ2n) is 4.37.